The monoisotopic (exact) mass is 446 g/mol. The molecule has 0 spiro atoms. The predicted molar refractivity (Wildman–Crippen MR) is 130 cm³/mol. The molecule has 1 fully saturated rings. The zero-order valence-corrected chi connectivity index (χ0v) is 19.7. The Labute approximate surface area is 196 Å². The summed E-state index contributed by atoms with van der Waals surface area (Å²) in [5, 5.41) is 21.7. The maximum atomic E-state index is 12.9. The molecule has 0 radical (unpaired) electrons. The molecule has 3 N–H and O–H groups in total. The van der Waals surface area contributed by atoms with Crippen LogP contribution in [0.25, 0.3) is 0 Å². The summed E-state index contributed by atoms with van der Waals surface area (Å²) in [5.74, 6) is -0.00126. The van der Waals surface area contributed by atoms with Crippen molar-refractivity contribution in [1.29, 1.82) is 0 Å². The number of carbonyl (C=O) groups is 1. The first-order chi connectivity index (χ1) is 16.0. The number of H-pyrrole nitrogens is 1. The highest BCUT2D eigenvalue weighted by Gasteiger charge is 2.29. The normalized spacial score (nSPS) is 18.9. The summed E-state index contributed by atoms with van der Waals surface area (Å²) in [5.41, 5.74) is 6.00. The van der Waals surface area contributed by atoms with Gasteiger partial charge in [-0.1, -0.05) is 49.4 Å². The molecule has 2 heterocycles. The lowest BCUT2D eigenvalue weighted by Crippen LogP contribution is -2.35. The van der Waals surface area contributed by atoms with Crippen LogP contribution in [0.4, 0.5) is 0 Å². The first-order valence-electron chi connectivity index (χ1n) is 11.8. The highest BCUT2D eigenvalue weighted by Crippen LogP contribution is 2.26. The molecule has 3 atom stereocenters. The summed E-state index contributed by atoms with van der Waals surface area (Å²) in [6.45, 7) is 4.64. The van der Waals surface area contributed by atoms with Gasteiger partial charge < -0.3 is 15.3 Å². The molecule has 174 valence electrons. The molecule has 1 aliphatic heterocycles. The quantitative estimate of drug-likeness (QED) is 0.489. The van der Waals surface area contributed by atoms with Crippen molar-refractivity contribution in [3.05, 3.63) is 88.2 Å². The lowest BCUT2D eigenvalue weighted by Gasteiger charge is -2.20. The second kappa shape index (κ2) is 10.3. The van der Waals surface area contributed by atoms with Crippen LogP contribution in [-0.2, 0) is 19.4 Å². The van der Waals surface area contributed by atoms with Gasteiger partial charge in [-0.15, -0.1) is 0 Å². The molecular formula is C27H34N4O2. The van der Waals surface area contributed by atoms with E-state index in [0.29, 0.717) is 18.2 Å². The highest BCUT2D eigenvalue weighted by molar-refractivity contribution is 5.94. The first kappa shape index (κ1) is 23.2. The maximum Gasteiger partial charge on any atom is 0.253 e. The molecule has 1 amide bonds. The topological polar surface area (TPSA) is 81.2 Å². The largest absolute Gasteiger partial charge is 0.387 e. The average Bonchev–Trinajstić information content (AvgIpc) is 3.45. The second-order valence-electron chi connectivity index (χ2n) is 9.09. The Morgan fingerprint density at radius 2 is 1.88 bits per heavy atom. The number of benzene rings is 2. The summed E-state index contributed by atoms with van der Waals surface area (Å²) >= 11 is 0. The number of hydrogen-bond donors (Lipinski definition) is 3. The summed E-state index contributed by atoms with van der Waals surface area (Å²) < 4.78 is 0. The van der Waals surface area contributed by atoms with Crippen LogP contribution in [0.3, 0.4) is 0 Å². The number of rotatable bonds is 8. The molecule has 0 unspecified atom stereocenters. The van der Waals surface area contributed by atoms with Gasteiger partial charge in [0.1, 0.15) is 0 Å². The summed E-state index contributed by atoms with van der Waals surface area (Å²) in [6, 6.07) is 18.2. The van der Waals surface area contributed by atoms with E-state index in [0.717, 1.165) is 48.2 Å². The predicted octanol–water partition coefficient (Wildman–Crippen LogP) is 3.95. The van der Waals surface area contributed by atoms with Crippen LogP contribution < -0.4 is 5.32 Å². The number of nitrogens with zero attached hydrogens (tertiary/aromatic N) is 2. The molecule has 6 nitrogen and oxygen atoms in total. The molecule has 6 heteroatoms. The Bertz CT molecular complexity index is 1060. The zero-order chi connectivity index (χ0) is 23.4. The van der Waals surface area contributed by atoms with Gasteiger partial charge in [0.2, 0.25) is 0 Å². The van der Waals surface area contributed by atoms with Crippen molar-refractivity contribution in [1.82, 2.24) is 20.4 Å². The number of aliphatic hydroxyl groups is 1. The van der Waals surface area contributed by atoms with E-state index in [4.69, 9.17) is 0 Å². The number of hydrogen-bond acceptors (Lipinski definition) is 4. The fourth-order valence-electron chi connectivity index (χ4n) is 4.71. The van der Waals surface area contributed by atoms with Gasteiger partial charge in [0.15, 0.2) is 0 Å². The standard InChI is InChI=1S/C27H34N4O2/c1-4-23-18(2)25(30-29-23)17-31(3)27(33)21-12-10-19(11-13-21)16-22-14-15-24(28-22)26(32)20-8-6-5-7-9-20/h5-13,22,24,26,28,32H,4,14-17H2,1-3H3,(H,29,30)/t22-,24+,26+/m0/s1. The minimum atomic E-state index is -0.487. The maximum absolute atomic E-state index is 12.9. The minimum absolute atomic E-state index is 0.00126. The van der Waals surface area contributed by atoms with Crippen LogP contribution in [0.1, 0.15) is 64.3 Å². The molecule has 1 saturated heterocycles. The van der Waals surface area contributed by atoms with Crippen LogP contribution in [0.5, 0.6) is 0 Å². The third kappa shape index (κ3) is 5.34. The van der Waals surface area contributed by atoms with Crippen molar-refractivity contribution in [2.24, 2.45) is 0 Å². The van der Waals surface area contributed by atoms with Crippen molar-refractivity contribution in [2.45, 2.75) is 64.3 Å². The van der Waals surface area contributed by atoms with Crippen molar-refractivity contribution in [2.75, 3.05) is 7.05 Å². The van der Waals surface area contributed by atoms with E-state index in [2.05, 4.69) is 22.4 Å². The van der Waals surface area contributed by atoms with Gasteiger partial charge in [-0.25, -0.2) is 0 Å². The summed E-state index contributed by atoms with van der Waals surface area (Å²) in [4.78, 5) is 14.6. The molecule has 0 aliphatic carbocycles. The van der Waals surface area contributed by atoms with Crippen molar-refractivity contribution in [3.8, 4) is 0 Å². The number of amides is 1. The molecule has 2 aromatic carbocycles. The summed E-state index contributed by atoms with van der Waals surface area (Å²) in [6.07, 6.45) is 3.26. The van der Waals surface area contributed by atoms with E-state index in [-0.39, 0.29) is 11.9 Å². The van der Waals surface area contributed by atoms with Crippen LogP contribution in [0.2, 0.25) is 0 Å². The molecule has 3 aromatic rings. The van der Waals surface area contributed by atoms with Crippen LogP contribution in [-0.4, -0.2) is 45.2 Å². The van der Waals surface area contributed by atoms with Crippen molar-refractivity contribution >= 4 is 5.91 Å². The van der Waals surface area contributed by atoms with Crippen LogP contribution in [0, 0.1) is 6.92 Å². The number of carbonyl (C=O) groups excluding carboxylic acids is 1. The first-order valence-corrected chi connectivity index (χ1v) is 11.8. The Balaban J connectivity index is 1.31. The number of aromatic amines is 1. The third-order valence-electron chi connectivity index (χ3n) is 6.77. The van der Waals surface area contributed by atoms with Crippen molar-refractivity contribution < 1.29 is 9.90 Å². The van der Waals surface area contributed by atoms with Gasteiger partial charge in [-0.3, -0.25) is 9.89 Å². The minimum Gasteiger partial charge on any atom is -0.387 e. The molecule has 1 aliphatic rings. The molecule has 1 aromatic heterocycles. The van der Waals surface area contributed by atoms with E-state index in [1.807, 2.05) is 68.6 Å². The van der Waals surface area contributed by atoms with Crippen LogP contribution in [0.15, 0.2) is 54.6 Å². The van der Waals surface area contributed by atoms with Gasteiger partial charge in [0.25, 0.3) is 5.91 Å². The van der Waals surface area contributed by atoms with Gasteiger partial charge in [0, 0.05) is 24.7 Å². The average molecular weight is 447 g/mol. The molecule has 33 heavy (non-hydrogen) atoms. The van der Waals surface area contributed by atoms with Gasteiger partial charge in [-0.2, -0.15) is 5.10 Å². The number of aliphatic hydroxyl groups excluding tert-OH is 1. The highest BCUT2D eigenvalue weighted by atomic mass is 16.3. The lowest BCUT2D eigenvalue weighted by atomic mass is 10.0. The molecule has 0 bridgehead atoms. The van der Waals surface area contributed by atoms with Crippen LogP contribution >= 0.6 is 0 Å². The van der Waals surface area contributed by atoms with Gasteiger partial charge in [-0.05, 0) is 61.4 Å². The second-order valence-corrected chi connectivity index (χ2v) is 9.09. The van der Waals surface area contributed by atoms with E-state index in [1.54, 1.807) is 4.90 Å². The SMILES string of the molecule is CCc1n[nH]c(CN(C)C(=O)c2ccc(C[C@@H]3CC[C@H]([C@H](O)c4ccccc4)N3)cc2)c1C. The Hall–Kier alpha value is -2.96. The van der Waals surface area contributed by atoms with E-state index < -0.39 is 6.10 Å². The zero-order valence-electron chi connectivity index (χ0n) is 19.7. The third-order valence-corrected chi connectivity index (χ3v) is 6.77. The van der Waals surface area contributed by atoms with E-state index in [1.165, 1.54) is 5.56 Å². The van der Waals surface area contributed by atoms with Gasteiger partial charge >= 0.3 is 0 Å². The smallest absolute Gasteiger partial charge is 0.253 e. The number of nitrogens with one attached hydrogen (secondary N) is 2. The van der Waals surface area contributed by atoms with E-state index >= 15 is 0 Å². The lowest BCUT2D eigenvalue weighted by molar-refractivity contribution is 0.0783. The Morgan fingerprint density at radius 3 is 2.55 bits per heavy atom. The molecule has 4 rings (SSSR count). The fourth-order valence-corrected chi connectivity index (χ4v) is 4.71. The fraction of sp³-hybridized carbons (Fsp3) is 0.407. The van der Waals surface area contributed by atoms with Crippen molar-refractivity contribution in [3.63, 3.8) is 0 Å². The van der Waals surface area contributed by atoms with E-state index in [9.17, 15) is 9.90 Å². The summed E-state index contributed by atoms with van der Waals surface area (Å²) in [7, 11) is 1.82. The Morgan fingerprint density at radius 1 is 1.15 bits per heavy atom. The molecule has 0 saturated carbocycles. The van der Waals surface area contributed by atoms with Gasteiger partial charge in [0.05, 0.1) is 24.0 Å². The number of aromatic nitrogens is 2. The number of aryl methyl sites for hydroxylation is 1. The Kier molecular flexibility index (Phi) is 7.26. The molecular weight excluding hydrogens is 412 g/mol.